The van der Waals surface area contributed by atoms with Gasteiger partial charge in [-0.15, -0.1) is 0 Å². The lowest BCUT2D eigenvalue weighted by atomic mass is 10.1. The van der Waals surface area contributed by atoms with Crippen molar-refractivity contribution in [2.24, 2.45) is 5.92 Å². The van der Waals surface area contributed by atoms with Gasteiger partial charge in [0, 0.05) is 54.2 Å². The van der Waals surface area contributed by atoms with E-state index in [1.54, 1.807) is 47.9 Å². The number of nitrogens with zero attached hydrogens (tertiary/aromatic N) is 3. The highest BCUT2D eigenvalue weighted by molar-refractivity contribution is 9.10. The van der Waals surface area contributed by atoms with Crippen molar-refractivity contribution < 1.29 is 14.4 Å². The maximum Gasteiger partial charge on any atom is 0.229 e. The monoisotopic (exact) mass is 495 g/mol. The summed E-state index contributed by atoms with van der Waals surface area (Å²) in [5, 5.41) is 5.70. The molecule has 3 aromatic rings. The van der Waals surface area contributed by atoms with Gasteiger partial charge in [-0.2, -0.15) is 0 Å². The van der Waals surface area contributed by atoms with Gasteiger partial charge < -0.3 is 20.1 Å². The maximum atomic E-state index is 12.8. The predicted molar refractivity (Wildman–Crippen MR) is 125 cm³/mol. The number of halogens is 1. The molecule has 1 aromatic heterocycles. The molecule has 4 rings (SSSR count). The van der Waals surface area contributed by atoms with Gasteiger partial charge in [-0.1, -0.05) is 18.2 Å². The Morgan fingerprint density at radius 3 is 2.62 bits per heavy atom. The van der Waals surface area contributed by atoms with Crippen LogP contribution in [0, 0.1) is 5.92 Å². The minimum absolute atomic E-state index is 0.0871. The zero-order valence-electron chi connectivity index (χ0n) is 17.2. The third-order valence-electron chi connectivity index (χ3n) is 5.21. The number of aromatic nitrogens is 2. The first-order valence-corrected chi connectivity index (χ1v) is 11.0. The number of amides is 3. The Labute approximate surface area is 193 Å². The first kappa shape index (κ1) is 21.8. The Bertz CT molecular complexity index is 1130. The van der Waals surface area contributed by atoms with Gasteiger partial charge in [0.25, 0.3) is 0 Å². The van der Waals surface area contributed by atoms with Gasteiger partial charge in [-0.3, -0.25) is 14.4 Å². The molecular formula is C23H22BrN5O3. The highest BCUT2D eigenvalue weighted by Gasteiger charge is 2.35. The third-order valence-corrected chi connectivity index (χ3v) is 5.88. The van der Waals surface area contributed by atoms with Crippen molar-refractivity contribution in [1.29, 1.82) is 0 Å². The third kappa shape index (κ3) is 5.23. The summed E-state index contributed by atoms with van der Waals surface area (Å²) in [6, 6.07) is 14.4. The Kier molecular flexibility index (Phi) is 6.65. The normalized spacial score (nSPS) is 15.6. The van der Waals surface area contributed by atoms with Crippen molar-refractivity contribution in [3.05, 3.63) is 71.7 Å². The number of carbonyl (C=O) groups is 3. The molecule has 1 fully saturated rings. The molecule has 8 nitrogen and oxygen atoms in total. The lowest BCUT2D eigenvalue weighted by Gasteiger charge is -2.18. The maximum absolute atomic E-state index is 12.8. The highest BCUT2D eigenvalue weighted by Crippen LogP contribution is 2.31. The van der Waals surface area contributed by atoms with Crippen molar-refractivity contribution >= 4 is 50.7 Å². The average molecular weight is 496 g/mol. The van der Waals surface area contributed by atoms with Crippen molar-refractivity contribution in [2.45, 2.75) is 19.4 Å². The van der Waals surface area contributed by atoms with E-state index in [-0.39, 0.29) is 24.1 Å². The molecule has 2 N–H and O–H groups in total. The van der Waals surface area contributed by atoms with E-state index in [9.17, 15) is 14.4 Å². The fourth-order valence-electron chi connectivity index (χ4n) is 3.58. The zero-order chi connectivity index (χ0) is 22.5. The number of para-hydroxylation sites is 1. The fourth-order valence-corrected chi connectivity index (χ4v) is 4.08. The number of hydrogen-bond acceptors (Lipinski definition) is 4. The molecule has 1 aliphatic rings. The summed E-state index contributed by atoms with van der Waals surface area (Å²) in [6.07, 6.45) is 5.59. The summed E-state index contributed by atoms with van der Waals surface area (Å²) >= 11 is 3.46. The van der Waals surface area contributed by atoms with E-state index in [0.29, 0.717) is 30.9 Å². The summed E-state index contributed by atoms with van der Waals surface area (Å²) in [5.41, 5.74) is 1.91. The quantitative estimate of drug-likeness (QED) is 0.522. The summed E-state index contributed by atoms with van der Waals surface area (Å²) in [5.74, 6) is -0.900. The van der Waals surface area contributed by atoms with Gasteiger partial charge >= 0.3 is 0 Å². The van der Waals surface area contributed by atoms with Crippen LogP contribution in [0.15, 0.2) is 71.7 Å². The van der Waals surface area contributed by atoms with Gasteiger partial charge in [0.05, 0.1) is 17.9 Å². The first-order valence-electron chi connectivity index (χ1n) is 10.2. The van der Waals surface area contributed by atoms with Crippen LogP contribution in [0.1, 0.15) is 12.8 Å². The Hall–Kier alpha value is -3.46. The molecule has 1 saturated heterocycles. The van der Waals surface area contributed by atoms with E-state index in [1.807, 2.05) is 28.8 Å². The molecular weight excluding hydrogens is 474 g/mol. The Morgan fingerprint density at radius 2 is 1.88 bits per heavy atom. The molecule has 1 atom stereocenters. The second-order valence-corrected chi connectivity index (χ2v) is 8.38. The molecule has 0 saturated carbocycles. The van der Waals surface area contributed by atoms with E-state index in [4.69, 9.17) is 0 Å². The predicted octanol–water partition coefficient (Wildman–Crippen LogP) is 3.67. The SMILES string of the molecule is O=C(CCn1ccnc1)Nc1cccc(NC(=O)C2CC(=O)N(c3ccccc3Br)C2)c1. The number of benzene rings is 2. The molecule has 2 aromatic carbocycles. The molecule has 0 spiro atoms. The summed E-state index contributed by atoms with van der Waals surface area (Å²) in [4.78, 5) is 43.1. The lowest BCUT2D eigenvalue weighted by Crippen LogP contribution is -2.28. The van der Waals surface area contributed by atoms with Gasteiger partial charge in [0.15, 0.2) is 0 Å². The van der Waals surface area contributed by atoms with Crippen molar-refractivity contribution in [1.82, 2.24) is 9.55 Å². The van der Waals surface area contributed by atoms with Gasteiger partial charge in [-0.05, 0) is 46.3 Å². The van der Waals surface area contributed by atoms with Gasteiger partial charge in [-0.25, -0.2) is 4.98 Å². The number of carbonyl (C=O) groups excluding carboxylic acids is 3. The molecule has 0 aliphatic carbocycles. The standard InChI is InChI=1S/C23H22BrN5O3/c24-19-6-1-2-7-20(19)29-14-16(12-22(29)31)23(32)27-18-5-3-4-17(13-18)26-21(30)8-10-28-11-9-25-15-28/h1-7,9,11,13,15-16H,8,10,12,14H2,(H,26,30)(H,27,32). The Balaban J connectivity index is 1.34. The largest absolute Gasteiger partial charge is 0.337 e. The van der Waals surface area contributed by atoms with Crippen LogP contribution in [0.5, 0.6) is 0 Å². The van der Waals surface area contributed by atoms with Crippen LogP contribution in [-0.4, -0.2) is 33.8 Å². The number of aryl methyl sites for hydroxylation is 1. The number of rotatable bonds is 7. The van der Waals surface area contributed by atoms with Crippen molar-refractivity contribution in [3.63, 3.8) is 0 Å². The van der Waals surface area contributed by atoms with Crippen LogP contribution in [0.3, 0.4) is 0 Å². The molecule has 1 unspecified atom stereocenters. The lowest BCUT2D eigenvalue weighted by molar-refractivity contribution is -0.122. The molecule has 2 heterocycles. The van der Waals surface area contributed by atoms with Crippen LogP contribution in [-0.2, 0) is 20.9 Å². The van der Waals surface area contributed by atoms with E-state index in [0.717, 1.165) is 10.2 Å². The minimum Gasteiger partial charge on any atom is -0.337 e. The number of nitrogens with one attached hydrogen (secondary N) is 2. The first-order chi connectivity index (χ1) is 15.5. The molecule has 3 amide bonds. The zero-order valence-corrected chi connectivity index (χ0v) is 18.8. The van der Waals surface area contributed by atoms with E-state index in [2.05, 4.69) is 31.5 Å². The number of anilines is 3. The minimum atomic E-state index is -0.456. The fraction of sp³-hybridized carbons (Fsp3) is 0.217. The smallest absolute Gasteiger partial charge is 0.229 e. The topological polar surface area (TPSA) is 96.3 Å². The summed E-state index contributed by atoms with van der Waals surface area (Å²) < 4.78 is 2.64. The molecule has 9 heteroatoms. The highest BCUT2D eigenvalue weighted by atomic mass is 79.9. The molecule has 0 bridgehead atoms. The van der Waals surface area contributed by atoms with Crippen LogP contribution >= 0.6 is 15.9 Å². The van der Waals surface area contributed by atoms with Crippen LogP contribution in [0.25, 0.3) is 0 Å². The van der Waals surface area contributed by atoms with E-state index >= 15 is 0 Å². The van der Waals surface area contributed by atoms with E-state index in [1.165, 1.54) is 0 Å². The van der Waals surface area contributed by atoms with Crippen molar-refractivity contribution in [3.8, 4) is 0 Å². The molecule has 164 valence electrons. The summed E-state index contributed by atoms with van der Waals surface area (Å²) in [6.45, 7) is 0.851. The van der Waals surface area contributed by atoms with E-state index < -0.39 is 5.92 Å². The summed E-state index contributed by atoms with van der Waals surface area (Å²) in [7, 11) is 0. The van der Waals surface area contributed by atoms with Crippen molar-refractivity contribution in [2.75, 3.05) is 22.1 Å². The second kappa shape index (κ2) is 9.78. The molecule has 0 radical (unpaired) electrons. The Morgan fingerprint density at radius 1 is 1.09 bits per heavy atom. The van der Waals surface area contributed by atoms with Crippen LogP contribution < -0.4 is 15.5 Å². The number of imidazole rings is 1. The molecule has 1 aliphatic heterocycles. The van der Waals surface area contributed by atoms with Crippen LogP contribution in [0.2, 0.25) is 0 Å². The molecule has 32 heavy (non-hydrogen) atoms. The van der Waals surface area contributed by atoms with Crippen LogP contribution in [0.4, 0.5) is 17.1 Å². The number of hydrogen-bond donors (Lipinski definition) is 2. The van der Waals surface area contributed by atoms with Gasteiger partial charge in [0.1, 0.15) is 0 Å². The second-order valence-electron chi connectivity index (χ2n) is 7.53. The van der Waals surface area contributed by atoms with Gasteiger partial charge in [0.2, 0.25) is 17.7 Å². The average Bonchev–Trinajstić information content (AvgIpc) is 3.43.